The summed E-state index contributed by atoms with van der Waals surface area (Å²) in [6.07, 6.45) is 0. The Morgan fingerprint density at radius 2 is 0.689 bits per heavy atom. The molecule has 13 aromatic carbocycles. The maximum Gasteiger partial charge on any atom is 0.171 e. The fourth-order valence-corrected chi connectivity index (χ4v) is 19.8. The molecule has 416 valence electrons. The normalized spacial score (nSPS) is 20.8. The van der Waals surface area contributed by atoms with Crippen LogP contribution in [0.2, 0.25) is 0 Å². The summed E-state index contributed by atoms with van der Waals surface area (Å²) in [7, 11) is 0. The second-order valence-corrected chi connectivity index (χ2v) is 26.2. The number of aromatic nitrogens is 2. The highest BCUT2D eigenvalue weighted by Gasteiger charge is 2.71. The minimum Gasteiger partial charge on any atom is -0.308 e. The molecule has 4 nitrogen and oxygen atoms in total. The van der Waals surface area contributed by atoms with Crippen molar-refractivity contribution in [2.45, 2.75) is 34.5 Å². The van der Waals surface area contributed by atoms with Gasteiger partial charge in [-0.05, 0) is 113 Å². The number of carbonyl (C=O) groups is 2. The minimum atomic E-state index is -0.498. The number of rotatable bonds is 5. The molecule has 4 heteroatoms. The summed E-state index contributed by atoms with van der Waals surface area (Å²) in [6, 6.07) is 102. The van der Waals surface area contributed by atoms with Gasteiger partial charge in [-0.25, -0.2) is 0 Å². The number of benzene rings is 13. The summed E-state index contributed by atoms with van der Waals surface area (Å²) in [5.41, 5.74) is 27.9. The van der Waals surface area contributed by atoms with Crippen LogP contribution in [0.3, 0.4) is 0 Å². The summed E-state index contributed by atoms with van der Waals surface area (Å²) in [5.74, 6) is -0.450. The van der Waals surface area contributed by atoms with Gasteiger partial charge in [0.25, 0.3) is 0 Å². The lowest BCUT2D eigenvalue weighted by molar-refractivity contribution is 0.0840. The van der Waals surface area contributed by atoms with E-state index in [4.69, 9.17) is 0 Å². The predicted molar refractivity (Wildman–Crippen MR) is 362 cm³/mol. The Morgan fingerprint density at radius 3 is 1.18 bits per heavy atom. The topological polar surface area (TPSA) is 43.5 Å². The molecule has 6 aliphatic rings. The van der Waals surface area contributed by atoms with Gasteiger partial charge in [0.15, 0.2) is 11.6 Å². The Hall–Kier alpha value is -11.2. The molecular weight excluding hydrogens is 1090 g/mol. The molecule has 0 amide bonds. The van der Waals surface area contributed by atoms with Crippen molar-refractivity contribution in [3.63, 3.8) is 0 Å². The number of ketones is 2. The number of hydrogen-bond donors (Lipinski definition) is 0. The van der Waals surface area contributed by atoms with Crippen LogP contribution in [0.5, 0.6) is 0 Å². The molecule has 0 bridgehead atoms. The first-order chi connectivity index (χ1) is 44.6. The fourth-order valence-electron chi connectivity index (χ4n) is 19.8. The molecule has 3 heterocycles. The molecule has 0 aliphatic heterocycles. The first kappa shape index (κ1) is 47.9. The number of hydrogen-bond acceptors (Lipinski definition) is 2. The van der Waals surface area contributed by atoms with Crippen LogP contribution >= 0.6 is 0 Å². The van der Waals surface area contributed by atoms with Crippen molar-refractivity contribution >= 4 is 71.5 Å². The van der Waals surface area contributed by atoms with Gasteiger partial charge in [0.05, 0.1) is 45.1 Å². The van der Waals surface area contributed by atoms with Gasteiger partial charge in [-0.3, -0.25) is 9.59 Å². The molecule has 90 heavy (non-hydrogen) atoms. The van der Waals surface area contributed by atoms with Crippen LogP contribution in [0.25, 0.3) is 110 Å². The smallest absolute Gasteiger partial charge is 0.171 e. The van der Waals surface area contributed by atoms with Crippen LogP contribution in [0.15, 0.2) is 279 Å². The summed E-state index contributed by atoms with van der Waals surface area (Å²) in [6.45, 7) is 0. The zero-order valence-corrected chi connectivity index (χ0v) is 48.6. The van der Waals surface area contributed by atoms with E-state index in [9.17, 15) is 0 Å². The lowest BCUT2D eigenvalue weighted by Crippen LogP contribution is -2.61. The Balaban J connectivity index is 0.989. The maximum absolute atomic E-state index is 16.5. The first-order valence-electron chi connectivity index (χ1n) is 31.7. The average molecular weight is 1140 g/mol. The van der Waals surface area contributed by atoms with Gasteiger partial charge in [0.1, 0.15) is 0 Å². The second kappa shape index (κ2) is 16.5. The van der Waals surface area contributed by atoms with E-state index < -0.39 is 10.8 Å². The SMILES string of the molecule is O=C1c2cc3c(c(-c4ccccc4)c2C2c4ccccc4C24c2ccccc2C14)c1cc2c(c4ccccc4n2-c2c(-c4ccccc4)cccc2-c2ccccc2)c2c4c(-c5ccccc5)c5c(cc4n3c12)C(=O)C1c2ccccc2C12c1ccccc1C52. The third-order valence-electron chi connectivity index (χ3n) is 22.7. The van der Waals surface area contributed by atoms with Gasteiger partial charge in [-0.2, -0.15) is 0 Å². The van der Waals surface area contributed by atoms with E-state index in [-0.39, 0.29) is 35.2 Å². The molecule has 0 radical (unpaired) electrons. The summed E-state index contributed by atoms with van der Waals surface area (Å²) < 4.78 is 5.10. The lowest BCUT2D eigenvalue weighted by atomic mass is 9.36. The van der Waals surface area contributed by atoms with Crippen molar-refractivity contribution in [3.8, 4) is 50.2 Å². The van der Waals surface area contributed by atoms with Gasteiger partial charge >= 0.3 is 0 Å². The molecule has 0 N–H and O–H groups in total. The monoisotopic (exact) mass is 1140 g/mol. The maximum atomic E-state index is 16.5. The van der Waals surface area contributed by atoms with Crippen molar-refractivity contribution in [1.29, 1.82) is 0 Å². The summed E-state index contributed by atoms with van der Waals surface area (Å²) in [4.78, 5) is 33.0. The molecule has 0 fully saturated rings. The van der Waals surface area contributed by atoms with Crippen LogP contribution in [-0.4, -0.2) is 20.5 Å². The zero-order valence-electron chi connectivity index (χ0n) is 48.6. The Labute approximate surface area is 517 Å². The van der Waals surface area contributed by atoms with Gasteiger partial charge in [-0.1, -0.05) is 255 Å². The largest absolute Gasteiger partial charge is 0.308 e. The standard InChI is InChI=1S/C86H50N2O2/c89-83-59-45-67-72(69(49-28-9-3-10-29-49)73(59)77-53-32-13-18-39-61(53)85(77)63-41-20-15-34-55(63)79(83)85)58-44-66-71(57-36-17-22-43-65(57)87(66)81-51(47-24-5-1-6-25-47)37-23-38-52(81)48-26-7-2-8-27-48)76-75-68(88(67)82(58)76)46-60-74(70(75)50-30-11-4-12-31-50)78-54-33-14-19-40-62(54)86(78)64-42-21-16-35-56(64)80(86)84(60)90/h1-46,77-80H. The van der Waals surface area contributed by atoms with Crippen molar-refractivity contribution in [2.75, 3.05) is 0 Å². The van der Waals surface area contributed by atoms with Gasteiger partial charge in [0, 0.05) is 77.2 Å². The van der Waals surface area contributed by atoms with E-state index in [2.05, 4.69) is 288 Å². The quantitative estimate of drug-likeness (QED) is 0.172. The first-order valence-corrected chi connectivity index (χ1v) is 31.7. The molecular formula is C86H50N2O2. The molecule has 6 atom stereocenters. The van der Waals surface area contributed by atoms with Crippen LogP contribution < -0.4 is 0 Å². The van der Waals surface area contributed by atoms with Crippen LogP contribution in [0.4, 0.5) is 0 Å². The van der Waals surface area contributed by atoms with E-state index in [1.54, 1.807) is 0 Å². The molecule has 3 aromatic heterocycles. The lowest BCUT2D eigenvalue weighted by Gasteiger charge is -2.65. The number of fused-ring (bicyclic) bond motifs is 22. The van der Waals surface area contributed by atoms with Gasteiger partial charge in [0.2, 0.25) is 0 Å². The minimum absolute atomic E-state index is 0.0688. The van der Waals surface area contributed by atoms with E-state index >= 15 is 9.59 Å². The number of para-hydroxylation sites is 2. The number of carbonyl (C=O) groups excluding carboxylic acids is 2. The highest BCUT2D eigenvalue weighted by atomic mass is 16.1. The number of nitrogens with zero attached hydrogens (tertiary/aromatic N) is 2. The average Bonchev–Trinajstić information content (AvgIpc) is 0.754. The van der Waals surface area contributed by atoms with E-state index in [1.165, 1.54) is 33.4 Å². The van der Waals surface area contributed by atoms with Crippen molar-refractivity contribution < 1.29 is 9.59 Å². The van der Waals surface area contributed by atoms with Crippen molar-refractivity contribution in [1.82, 2.24) is 8.97 Å². The molecule has 6 aliphatic carbocycles. The second-order valence-electron chi connectivity index (χ2n) is 26.2. The highest BCUT2D eigenvalue weighted by molar-refractivity contribution is 6.40. The molecule has 0 saturated heterocycles. The van der Waals surface area contributed by atoms with Crippen LogP contribution in [0, 0.1) is 0 Å². The molecule has 2 spiro atoms. The van der Waals surface area contributed by atoms with Crippen molar-refractivity contribution in [3.05, 3.63) is 346 Å². The Bertz CT molecular complexity index is 5920. The fraction of sp³-hybridized carbons (Fsp3) is 0.0698. The van der Waals surface area contributed by atoms with E-state index in [0.29, 0.717) is 0 Å². The van der Waals surface area contributed by atoms with E-state index in [1.807, 2.05) is 0 Å². The van der Waals surface area contributed by atoms with Crippen molar-refractivity contribution in [2.24, 2.45) is 0 Å². The Kier molecular flexibility index (Phi) is 8.78. The van der Waals surface area contributed by atoms with Crippen LogP contribution in [0.1, 0.15) is 100 Å². The third kappa shape index (κ3) is 5.25. The Morgan fingerprint density at radius 1 is 0.289 bits per heavy atom. The molecule has 16 aromatic rings. The van der Waals surface area contributed by atoms with Gasteiger partial charge in [-0.15, -0.1) is 0 Å². The molecule has 0 saturated carbocycles. The van der Waals surface area contributed by atoms with Gasteiger partial charge < -0.3 is 8.97 Å². The third-order valence-corrected chi connectivity index (χ3v) is 22.7. The summed E-state index contributed by atoms with van der Waals surface area (Å²) in [5, 5.41) is 6.79. The van der Waals surface area contributed by atoms with Crippen LogP contribution in [-0.2, 0) is 10.8 Å². The zero-order chi connectivity index (χ0) is 58.6. The predicted octanol–water partition coefficient (Wildman–Crippen LogP) is 20.1. The highest BCUT2D eigenvalue weighted by Crippen LogP contribution is 2.77. The molecule has 22 rings (SSSR count). The summed E-state index contributed by atoms with van der Waals surface area (Å²) >= 11 is 0. The number of Topliss-reactive ketones (excluding diaryl/α,β-unsaturated/α-hetero) is 2. The van der Waals surface area contributed by atoms with E-state index in [0.717, 1.165) is 143 Å². The molecule has 6 unspecified atom stereocenters.